The highest BCUT2D eigenvalue weighted by Gasteiger charge is 2.35. The molecule has 0 N–H and O–H groups in total. The zero-order valence-electron chi connectivity index (χ0n) is 32.5. The number of benzene rings is 8. The van der Waals surface area contributed by atoms with Crippen molar-refractivity contribution in [2.24, 2.45) is 0 Å². The Bertz CT molecular complexity index is 3300. The van der Waals surface area contributed by atoms with Gasteiger partial charge >= 0.3 is 6.18 Å². The van der Waals surface area contributed by atoms with E-state index in [2.05, 4.69) is 61.2 Å². The van der Waals surface area contributed by atoms with Crippen molar-refractivity contribution in [1.29, 1.82) is 5.26 Å². The third-order valence-corrected chi connectivity index (χ3v) is 11.7. The van der Waals surface area contributed by atoms with Crippen molar-refractivity contribution in [3.63, 3.8) is 0 Å². The number of hydrogen-bond acceptors (Lipinski definition) is 1. The first kappa shape index (κ1) is 36.5. The van der Waals surface area contributed by atoms with Gasteiger partial charge in [0.25, 0.3) is 0 Å². The lowest BCUT2D eigenvalue weighted by Crippen LogP contribution is -2.09. The second-order valence-electron chi connectivity index (χ2n) is 15.1. The SMILES string of the molecule is [C-]#[N+]c1cccc(C(F)(F)F)c1-c1cc(-n2c3ccccc3c3cc(-c4ccccc4C)ccc32)c(C#N)c(-n2c3ccccc3c3cc(-c4ccccc4C)ccc32)c1. The molecule has 286 valence electrons. The molecule has 0 atom stereocenters. The molecule has 0 fully saturated rings. The summed E-state index contributed by atoms with van der Waals surface area (Å²) in [6.07, 6.45) is -4.76. The highest BCUT2D eigenvalue weighted by molar-refractivity contribution is 6.12. The fourth-order valence-corrected chi connectivity index (χ4v) is 8.99. The summed E-state index contributed by atoms with van der Waals surface area (Å²) in [4.78, 5) is 3.61. The van der Waals surface area contributed by atoms with Gasteiger partial charge in [-0.3, -0.25) is 0 Å². The molecule has 0 aliphatic heterocycles. The molecule has 10 rings (SSSR count). The van der Waals surface area contributed by atoms with Gasteiger partial charge in [0.05, 0.1) is 45.6 Å². The molecule has 60 heavy (non-hydrogen) atoms. The van der Waals surface area contributed by atoms with Crippen molar-refractivity contribution >= 4 is 49.3 Å². The molecule has 2 heterocycles. The van der Waals surface area contributed by atoms with Crippen molar-refractivity contribution in [1.82, 2.24) is 9.13 Å². The number of nitrogens with zero attached hydrogens (tertiary/aromatic N) is 4. The van der Waals surface area contributed by atoms with E-state index in [4.69, 9.17) is 6.57 Å². The summed E-state index contributed by atoms with van der Waals surface area (Å²) < 4.78 is 49.0. The molecule has 0 saturated carbocycles. The molecule has 0 radical (unpaired) electrons. The first-order valence-electron chi connectivity index (χ1n) is 19.5. The second-order valence-corrected chi connectivity index (χ2v) is 15.1. The Hall–Kier alpha value is -7.87. The van der Waals surface area contributed by atoms with Crippen molar-refractivity contribution < 1.29 is 13.2 Å². The van der Waals surface area contributed by atoms with Gasteiger partial charge in [0.1, 0.15) is 11.6 Å². The Morgan fingerprint density at radius 2 is 0.983 bits per heavy atom. The smallest absolute Gasteiger partial charge is 0.308 e. The number of alkyl halides is 3. The summed E-state index contributed by atoms with van der Waals surface area (Å²) in [5.41, 5.74) is 9.55. The standard InChI is InChI=1S/C53H33F3N4/c1-32-13-4-6-15-37(32)34-23-25-48-41(27-34)39-17-8-10-21-46(39)59(48)50-29-36(52-44(53(54,55)56)19-12-20-45(52)58-3)30-51(43(50)31-57)60-47-22-11-9-18-40(47)42-28-35(24-26-49(42)60)38-16-7-5-14-33(38)2/h4-30H,1-2H3. The van der Waals surface area contributed by atoms with Crippen LogP contribution in [0, 0.1) is 31.8 Å². The molecule has 0 amide bonds. The first-order valence-corrected chi connectivity index (χ1v) is 19.5. The van der Waals surface area contributed by atoms with Gasteiger partial charge in [-0.15, -0.1) is 0 Å². The fourth-order valence-electron chi connectivity index (χ4n) is 8.99. The minimum absolute atomic E-state index is 0.137. The zero-order valence-corrected chi connectivity index (χ0v) is 32.5. The van der Waals surface area contributed by atoms with Crippen LogP contribution in [-0.4, -0.2) is 9.13 Å². The van der Waals surface area contributed by atoms with Crippen LogP contribution in [0.3, 0.4) is 0 Å². The average Bonchev–Trinajstić information content (AvgIpc) is 3.77. The summed E-state index contributed by atoms with van der Waals surface area (Å²) >= 11 is 0. The molecular formula is C53H33F3N4. The monoisotopic (exact) mass is 782 g/mol. The van der Waals surface area contributed by atoms with E-state index in [0.29, 0.717) is 11.4 Å². The molecule has 0 bridgehead atoms. The van der Waals surface area contributed by atoms with E-state index in [9.17, 15) is 5.26 Å². The average molecular weight is 783 g/mol. The highest BCUT2D eigenvalue weighted by Crippen LogP contribution is 2.46. The minimum Gasteiger partial charge on any atom is -0.308 e. The largest absolute Gasteiger partial charge is 0.415 e. The fraction of sp³-hybridized carbons (Fsp3) is 0.0566. The number of nitriles is 1. The Labute approximate surface area is 344 Å². The predicted molar refractivity (Wildman–Crippen MR) is 237 cm³/mol. The van der Waals surface area contributed by atoms with E-state index in [0.717, 1.165) is 83.1 Å². The normalized spacial score (nSPS) is 11.7. The topological polar surface area (TPSA) is 38.0 Å². The van der Waals surface area contributed by atoms with Gasteiger partial charge < -0.3 is 9.13 Å². The molecule has 0 spiro atoms. The van der Waals surface area contributed by atoms with Crippen LogP contribution in [0.5, 0.6) is 0 Å². The third kappa shape index (κ3) is 5.67. The predicted octanol–water partition coefficient (Wildman–Crippen LogP) is 14.9. The van der Waals surface area contributed by atoms with Crippen LogP contribution in [0.25, 0.3) is 93.2 Å². The molecular weight excluding hydrogens is 750 g/mol. The summed E-state index contributed by atoms with van der Waals surface area (Å²) in [5, 5.41) is 15.1. The zero-order chi connectivity index (χ0) is 41.3. The van der Waals surface area contributed by atoms with Gasteiger partial charge in [-0.05, 0) is 107 Å². The molecule has 8 aromatic carbocycles. The van der Waals surface area contributed by atoms with Crippen LogP contribution in [-0.2, 0) is 6.18 Å². The van der Waals surface area contributed by atoms with Gasteiger partial charge in [-0.2, -0.15) is 18.4 Å². The number of aryl methyl sites for hydroxylation is 2. The highest BCUT2D eigenvalue weighted by atomic mass is 19.4. The Kier molecular flexibility index (Phi) is 8.45. The molecule has 4 nitrogen and oxygen atoms in total. The third-order valence-electron chi connectivity index (χ3n) is 11.7. The van der Waals surface area contributed by atoms with E-state index in [1.807, 2.05) is 106 Å². The number of hydrogen-bond donors (Lipinski definition) is 0. The lowest BCUT2D eigenvalue weighted by atomic mass is 9.94. The summed E-state index contributed by atoms with van der Waals surface area (Å²) in [7, 11) is 0. The summed E-state index contributed by atoms with van der Waals surface area (Å²) in [6, 6.07) is 54.0. The molecule has 10 aromatic rings. The van der Waals surface area contributed by atoms with E-state index in [1.54, 1.807) is 12.1 Å². The van der Waals surface area contributed by atoms with Gasteiger partial charge in [-0.25, -0.2) is 4.85 Å². The van der Waals surface area contributed by atoms with Crippen molar-refractivity contribution in [2.45, 2.75) is 20.0 Å². The molecule has 7 heteroatoms. The molecule has 0 aliphatic rings. The molecule has 2 aromatic heterocycles. The second kappa shape index (κ2) is 13.9. The maximum Gasteiger partial charge on any atom is 0.415 e. The number of halogens is 3. The lowest BCUT2D eigenvalue weighted by molar-refractivity contribution is -0.137. The van der Waals surface area contributed by atoms with Gasteiger partial charge in [0.15, 0.2) is 5.69 Å². The van der Waals surface area contributed by atoms with Crippen LogP contribution in [0.4, 0.5) is 18.9 Å². The van der Waals surface area contributed by atoms with Crippen LogP contribution in [0.2, 0.25) is 0 Å². The maximum absolute atomic E-state index is 15.0. The first-order chi connectivity index (χ1) is 29.2. The Morgan fingerprint density at radius 1 is 0.517 bits per heavy atom. The molecule has 0 unspecified atom stereocenters. The number of rotatable bonds is 5. The van der Waals surface area contributed by atoms with Gasteiger partial charge in [-0.1, -0.05) is 115 Å². The Balaban J connectivity index is 1.35. The maximum atomic E-state index is 15.0. The lowest BCUT2D eigenvalue weighted by Gasteiger charge is -2.21. The number of para-hydroxylation sites is 2. The molecule has 0 saturated heterocycles. The van der Waals surface area contributed by atoms with E-state index in [1.165, 1.54) is 12.1 Å². The van der Waals surface area contributed by atoms with E-state index >= 15 is 13.2 Å². The summed E-state index contributed by atoms with van der Waals surface area (Å²) in [6.45, 7) is 12.2. The Morgan fingerprint density at radius 3 is 1.45 bits per heavy atom. The van der Waals surface area contributed by atoms with Crippen LogP contribution >= 0.6 is 0 Å². The van der Waals surface area contributed by atoms with Crippen LogP contribution < -0.4 is 0 Å². The van der Waals surface area contributed by atoms with Crippen LogP contribution in [0.15, 0.2) is 164 Å². The van der Waals surface area contributed by atoms with E-state index in [-0.39, 0.29) is 22.4 Å². The number of fused-ring (bicyclic) bond motifs is 6. The molecule has 0 aliphatic carbocycles. The van der Waals surface area contributed by atoms with Crippen molar-refractivity contribution in [3.05, 3.63) is 197 Å². The minimum atomic E-state index is -4.76. The van der Waals surface area contributed by atoms with Gasteiger partial charge in [0.2, 0.25) is 0 Å². The van der Waals surface area contributed by atoms with Gasteiger partial charge in [0, 0.05) is 21.5 Å². The van der Waals surface area contributed by atoms with Crippen molar-refractivity contribution in [3.8, 4) is 50.8 Å². The quantitative estimate of drug-likeness (QED) is 0.160. The number of aromatic nitrogens is 2. The van der Waals surface area contributed by atoms with Crippen LogP contribution in [0.1, 0.15) is 22.3 Å². The van der Waals surface area contributed by atoms with Crippen molar-refractivity contribution in [2.75, 3.05) is 0 Å². The van der Waals surface area contributed by atoms with E-state index < -0.39 is 11.7 Å². The summed E-state index contributed by atoms with van der Waals surface area (Å²) in [5.74, 6) is 0.